The molecule has 2 unspecified atom stereocenters. The summed E-state index contributed by atoms with van der Waals surface area (Å²) in [4.78, 5) is 17.2. The fourth-order valence-electron chi connectivity index (χ4n) is 3.68. The van der Waals surface area contributed by atoms with Crippen molar-refractivity contribution in [2.75, 3.05) is 26.2 Å². The van der Waals surface area contributed by atoms with Crippen molar-refractivity contribution >= 4 is 5.91 Å². The van der Waals surface area contributed by atoms with Gasteiger partial charge in [0.1, 0.15) is 0 Å². The molecule has 3 rings (SSSR count). The SMILES string of the molecule is CC(NC1CCN(C2CC2)C1)C(=O)N1CCCCCC1. The topological polar surface area (TPSA) is 35.6 Å². The van der Waals surface area contributed by atoms with Gasteiger partial charge in [-0.3, -0.25) is 9.69 Å². The number of rotatable bonds is 4. The summed E-state index contributed by atoms with van der Waals surface area (Å²) in [6.07, 6.45) is 8.89. The Morgan fingerprint density at radius 2 is 1.75 bits per heavy atom. The number of likely N-dealkylation sites (tertiary alicyclic amines) is 2. The van der Waals surface area contributed by atoms with Gasteiger partial charge in [0, 0.05) is 38.3 Å². The summed E-state index contributed by atoms with van der Waals surface area (Å²) < 4.78 is 0. The van der Waals surface area contributed by atoms with Crippen LogP contribution < -0.4 is 5.32 Å². The van der Waals surface area contributed by atoms with Gasteiger partial charge in [-0.05, 0) is 39.0 Å². The molecular formula is C16H29N3O. The Bertz CT molecular complexity index is 335. The molecule has 1 N–H and O–H groups in total. The van der Waals surface area contributed by atoms with Crippen molar-refractivity contribution in [3.63, 3.8) is 0 Å². The molecule has 3 fully saturated rings. The van der Waals surface area contributed by atoms with E-state index in [0.29, 0.717) is 11.9 Å². The van der Waals surface area contributed by atoms with Crippen molar-refractivity contribution < 1.29 is 4.79 Å². The molecule has 20 heavy (non-hydrogen) atoms. The van der Waals surface area contributed by atoms with E-state index in [0.717, 1.165) is 25.7 Å². The normalized spacial score (nSPS) is 30.2. The van der Waals surface area contributed by atoms with Gasteiger partial charge in [0.2, 0.25) is 5.91 Å². The Morgan fingerprint density at radius 1 is 1.05 bits per heavy atom. The van der Waals surface area contributed by atoms with E-state index < -0.39 is 0 Å². The summed E-state index contributed by atoms with van der Waals surface area (Å²) in [6, 6.07) is 1.36. The molecule has 0 aromatic carbocycles. The smallest absolute Gasteiger partial charge is 0.239 e. The van der Waals surface area contributed by atoms with Crippen LogP contribution in [0, 0.1) is 0 Å². The highest BCUT2D eigenvalue weighted by molar-refractivity contribution is 5.81. The van der Waals surface area contributed by atoms with Crippen molar-refractivity contribution in [1.29, 1.82) is 0 Å². The molecule has 1 aliphatic carbocycles. The molecule has 4 heteroatoms. The van der Waals surface area contributed by atoms with Crippen LogP contribution in [0.3, 0.4) is 0 Å². The molecule has 3 aliphatic rings. The zero-order valence-corrected chi connectivity index (χ0v) is 12.8. The Balaban J connectivity index is 1.45. The number of hydrogen-bond donors (Lipinski definition) is 1. The number of hydrogen-bond acceptors (Lipinski definition) is 3. The molecule has 4 nitrogen and oxygen atoms in total. The lowest BCUT2D eigenvalue weighted by Gasteiger charge is -2.26. The number of carbonyl (C=O) groups excluding carboxylic acids is 1. The fraction of sp³-hybridized carbons (Fsp3) is 0.938. The predicted octanol–water partition coefficient (Wildman–Crippen LogP) is 1.60. The number of nitrogens with one attached hydrogen (secondary N) is 1. The van der Waals surface area contributed by atoms with Crippen LogP contribution in [0.2, 0.25) is 0 Å². The number of carbonyl (C=O) groups is 1. The predicted molar refractivity (Wildman–Crippen MR) is 80.6 cm³/mol. The summed E-state index contributed by atoms with van der Waals surface area (Å²) in [5.74, 6) is 0.316. The first-order chi connectivity index (χ1) is 9.74. The summed E-state index contributed by atoms with van der Waals surface area (Å²) >= 11 is 0. The highest BCUT2D eigenvalue weighted by Crippen LogP contribution is 2.29. The van der Waals surface area contributed by atoms with Crippen LogP contribution in [0.15, 0.2) is 0 Å². The van der Waals surface area contributed by atoms with Gasteiger partial charge in [0.25, 0.3) is 0 Å². The molecule has 2 atom stereocenters. The Kier molecular flexibility index (Phi) is 4.61. The lowest BCUT2D eigenvalue weighted by molar-refractivity contribution is -0.133. The third-order valence-corrected chi connectivity index (χ3v) is 5.06. The molecule has 0 spiro atoms. The molecule has 2 aliphatic heterocycles. The molecule has 2 heterocycles. The van der Waals surface area contributed by atoms with E-state index >= 15 is 0 Å². The summed E-state index contributed by atoms with van der Waals surface area (Å²) in [5, 5.41) is 3.58. The molecule has 0 aromatic rings. The summed E-state index contributed by atoms with van der Waals surface area (Å²) in [6.45, 7) is 6.33. The highest BCUT2D eigenvalue weighted by Gasteiger charge is 2.35. The van der Waals surface area contributed by atoms with Crippen LogP contribution >= 0.6 is 0 Å². The molecule has 114 valence electrons. The molecule has 0 radical (unpaired) electrons. The van der Waals surface area contributed by atoms with Crippen LogP contribution in [0.25, 0.3) is 0 Å². The number of nitrogens with zero attached hydrogens (tertiary/aromatic N) is 2. The van der Waals surface area contributed by atoms with E-state index in [1.807, 2.05) is 6.92 Å². The zero-order chi connectivity index (χ0) is 13.9. The average molecular weight is 279 g/mol. The quantitative estimate of drug-likeness (QED) is 0.849. The first-order valence-electron chi connectivity index (χ1n) is 8.53. The first-order valence-corrected chi connectivity index (χ1v) is 8.53. The van der Waals surface area contributed by atoms with Gasteiger partial charge >= 0.3 is 0 Å². The van der Waals surface area contributed by atoms with Crippen LogP contribution in [0.5, 0.6) is 0 Å². The minimum atomic E-state index is -0.0164. The van der Waals surface area contributed by atoms with E-state index in [9.17, 15) is 4.79 Å². The third kappa shape index (κ3) is 3.53. The first kappa shape index (κ1) is 14.3. The molecular weight excluding hydrogens is 250 g/mol. The van der Waals surface area contributed by atoms with Gasteiger partial charge in [-0.1, -0.05) is 12.8 Å². The third-order valence-electron chi connectivity index (χ3n) is 5.06. The van der Waals surface area contributed by atoms with Crippen molar-refractivity contribution in [1.82, 2.24) is 15.1 Å². The van der Waals surface area contributed by atoms with Gasteiger partial charge in [0.05, 0.1) is 6.04 Å². The lowest BCUT2D eigenvalue weighted by Crippen LogP contribution is -2.49. The molecule has 0 aromatic heterocycles. The van der Waals surface area contributed by atoms with Crippen molar-refractivity contribution in [2.45, 2.75) is 70.0 Å². The molecule has 1 saturated carbocycles. The molecule has 1 amide bonds. The van der Waals surface area contributed by atoms with Gasteiger partial charge in [-0.25, -0.2) is 0 Å². The van der Waals surface area contributed by atoms with E-state index in [4.69, 9.17) is 0 Å². The van der Waals surface area contributed by atoms with Crippen molar-refractivity contribution in [3.8, 4) is 0 Å². The monoisotopic (exact) mass is 279 g/mol. The second-order valence-electron chi connectivity index (χ2n) is 6.84. The standard InChI is InChI=1S/C16H29N3O/c1-13(16(20)18-9-4-2-3-5-10-18)17-14-8-11-19(12-14)15-6-7-15/h13-15,17H,2-12H2,1H3. The maximum Gasteiger partial charge on any atom is 0.239 e. The summed E-state index contributed by atoms with van der Waals surface area (Å²) in [5.41, 5.74) is 0. The largest absolute Gasteiger partial charge is 0.341 e. The van der Waals surface area contributed by atoms with E-state index in [1.165, 1.54) is 51.5 Å². The van der Waals surface area contributed by atoms with E-state index in [1.54, 1.807) is 0 Å². The van der Waals surface area contributed by atoms with Gasteiger partial charge in [-0.2, -0.15) is 0 Å². The average Bonchev–Trinajstić information content (AvgIpc) is 3.24. The number of amides is 1. The summed E-state index contributed by atoms with van der Waals surface area (Å²) in [7, 11) is 0. The highest BCUT2D eigenvalue weighted by atomic mass is 16.2. The van der Waals surface area contributed by atoms with Gasteiger partial charge in [-0.15, -0.1) is 0 Å². The van der Waals surface area contributed by atoms with E-state index in [2.05, 4.69) is 15.1 Å². The maximum atomic E-state index is 12.5. The Labute approximate surface area is 122 Å². The Hall–Kier alpha value is -0.610. The second kappa shape index (κ2) is 6.44. The van der Waals surface area contributed by atoms with Crippen LogP contribution in [0.1, 0.15) is 51.9 Å². The lowest BCUT2D eigenvalue weighted by atomic mass is 10.2. The zero-order valence-electron chi connectivity index (χ0n) is 12.8. The van der Waals surface area contributed by atoms with Crippen molar-refractivity contribution in [3.05, 3.63) is 0 Å². The van der Waals surface area contributed by atoms with Gasteiger partial charge in [0.15, 0.2) is 0 Å². The van der Waals surface area contributed by atoms with Crippen molar-refractivity contribution in [2.24, 2.45) is 0 Å². The molecule has 0 bridgehead atoms. The second-order valence-corrected chi connectivity index (χ2v) is 6.84. The fourth-order valence-corrected chi connectivity index (χ4v) is 3.68. The minimum Gasteiger partial charge on any atom is -0.341 e. The Morgan fingerprint density at radius 3 is 2.40 bits per heavy atom. The van der Waals surface area contributed by atoms with E-state index in [-0.39, 0.29) is 6.04 Å². The van der Waals surface area contributed by atoms with Crippen LogP contribution in [-0.4, -0.2) is 60.0 Å². The molecule has 2 saturated heterocycles. The van der Waals surface area contributed by atoms with Crippen LogP contribution in [-0.2, 0) is 4.79 Å². The van der Waals surface area contributed by atoms with Crippen LogP contribution in [0.4, 0.5) is 0 Å². The minimum absolute atomic E-state index is 0.0164. The maximum absolute atomic E-state index is 12.5. The van der Waals surface area contributed by atoms with Gasteiger partial charge < -0.3 is 10.2 Å².